The van der Waals surface area contributed by atoms with Crippen molar-refractivity contribution < 1.29 is 4.79 Å². The summed E-state index contributed by atoms with van der Waals surface area (Å²) >= 11 is 2.93. The van der Waals surface area contributed by atoms with Crippen LogP contribution in [0.4, 0.5) is 5.69 Å². The third-order valence-electron chi connectivity index (χ3n) is 3.19. The number of thiazole rings is 1. The quantitative estimate of drug-likeness (QED) is 0.774. The first-order chi connectivity index (χ1) is 9.97. The molecule has 0 fully saturated rings. The molecule has 0 aliphatic heterocycles. The minimum atomic E-state index is -0.168. The van der Waals surface area contributed by atoms with Gasteiger partial charge in [-0.3, -0.25) is 9.48 Å². The van der Waals surface area contributed by atoms with E-state index < -0.39 is 0 Å². The van der Waals surface area contributed by atoms with Crippen molar-refractivity contribution in [2.45, 2.75) is 20.4 Å². The highest BCUT2D eigenvalue weighted by molar-refractivity contribution is 7.21. The van der Waals surface area contributed by atoms with Gasteiger partial charge in [-0.2, -0.15) is 5.10 Å². The predicted octanol–water partition coefficient (Wildman–Crippen LogP) is 2.22. The zero-order valence-corrected chi connectivity index (χ0v) is 13.6. The van der Waals surface area contributed by atoms with E-state index in [2.05, 4.69) is 15.4 Å². The van der Waals surface area contributed by atoms with E-state index in [1.165, 1.54) is 11.3 Å². The summed E-state index contributed by atoms with van der Waals surface area (Å²) in [6, 6.07) is 0. The third-order valence-corrected chi connectivity index (χ3v) is 5.28. The lowest BCUT2D eigenvalue weighted by Gasteiger charge is -2.02. The molecule has 8 heteroatoms. The molecule has 0 aromatic carbocycles. The molecule has 0 radical (unpaired) electrons. The number of aromatic nitrogens is 3. The van der Waals surface area contributed by atoms with Crippen LogP contribution in [0.3, 0.4) is 0 Å². The molecule has 3 heterocycles. The largest absolute Gasteiger partial charge is 0.397 e. The number of nitrogens with two attached hydrogens (primary N) is 1. The Bertz CT molecular complexity index is 829. The number of thiophene rings is 1. The maximum atomic E-state index is 12.3. The average Bonchev–Trinajstić information content (AvgIpc) is 3.06. The number of rotatable bonds is 3. The Morgan fingerprint density at radius 2 is 2.24 bits per heavy atom. The molecular weight excluding hydrogens is 306 g/mol. The third kappa shape index (κ3) is 2.40. The Labute approximate surface area is 129 Å². The fraction of sp³-hybridized carbons (Fsp3) is 0.308. The second-order valence-corrected chi connectivity index (χ2v) is 6.84. The highest BCUT2D eigenvalue weighted by Gasteiger charge is 2.20. The Morgan fingerprint density at radius 3 is 2.86 bits per heavy atom. The zero-order chi connectivity index (χ0) is 15.1. The Morgan fingerprint density at radius 1 is 1.48 bits per heavy atom. The van der Waals surface area contributed by atoms with Gasteiger partial charge in [0.15, 0.2) is 0 Å². The van der Waals surface area contributed by atoms with Crippen LogP contribution in [-0.4, -0.2) is 20.7 Å². The summed E-state index contributed by atoms with van der Waals surface area (Å²) < 4.78 is 1.76. The van der Waals surface area contributed by atoms with Crippen molar-refractivity contribution in [1.82, 2.24) is 20.1 Å². The molecule has 0 spiro atoms. The van der Waals surface area contributed by atoms with E-state index in [4.69, 9.17) is 5.73 Å². The minimum Gasteiger partial charge on any atom is -0.397 e. The smallest absolute Gasteiger partial charge is 0.263 e. The van der Waals surface area contributed by atoms with Gasteiger partial charge in [-0.25, -0.2) is 4.98 Å². The van der Waals surface area contributed by atoms with Crippen LogP contribution in [0, 0.1) is 13.8 Å². The Hall–Kier alpha value is -1.93. The predicted molar refractivity (Wildman–Crippen MR) is 85.8 cm³/mol. The van der Waals surface area contributed by atoms with E-state index in [0.29, 0.717) is 17.1 Å². The number of nitrogen functional groups attached to an aromatic ring is 1. The molecule has 0 atom stereocenters. The fourth-order valence-corrected chi connectivity index (χ4v) is 3.95. The number of nitrogens with zero attached hydrogens (tertiary/aromatic N) is 3. The van der Waals surface area contributed by atoms with Crippen molar-refractivity contribution in [3.8, 4) is 0 Å². The molecule has 3 aromatic rings. The van der Waals surface area contributed by atoms with E-state index in [-0.39, 0.29) is 5.91 Å². The first-order valence-electron chi connectivity index (χ1n) is 6.38. The van der Waals surface area contributed by atoms with E-state index in [9.17, 15) is 4.79 Å². The highest BCUT2D eigenvalue weighted by Crippen LogP contribution is 2.35. The molecule has 0 unspecified atom stereocenters. The molecule has 3 rings (SSSR count). The molecular formula is C13H15N5OS2. The van der Waals surface area contributed by atoms with Gasteiger partial charge in [0.2, 0.25) is 0 Å². The number of aryl methyl sites for hydroxylation is 3. The van der Waals surface area contributed by atoms with Crippen LogP contribution in [0.15, 0.2) is 5.38 Å². The van der Waals surface area contributed by atoms with Crippen molar-refractivity contribution in [2.75, 3.05) is 5.73 Å². The molecule has 0 aliphatic rings. The lowest BCUT2D eigenvalue weighted by molar-refractivity contribution is 0.0955. The summed E-state index contributed by atoms with van der Waals surface area (Å²) in [5, 5.41) is 11.0. The Balaban J connectivity index is 1.84. The van der Waals surface area contributed by atoms with Crippen LogP contribution in [0.2, 0.25) is 0 Å². The summed E-state index contributed by atoms with van der Waals surface area (Å²) in [4.78, 5) is 18.1. The van der Waals surface area contributed by atoms with E-state index in [1.54, 1.807) is 16.0 Å². The lowest BCUT2D eigenvalue weighted by Crippen LogP contribution is -2.22. The SMILES string of the molecule is Cc1nc(CNC(=O)c2sc3c(c(C)nn3C)c2N)cs1. The van der Waals surface area contributed by atoms with E-state index in [0.717, 1.165) is 26.6 Å². The van der Waals surface area contributed by atoms with Gasteiger partial charge in [0.1, 0.15) is 9.71 Å². The number of carbonyl (C=O) groups is 1. The molecule has 6 nitrogen and oxygen atoms in total. The van der Waals surface area contributed by atoms with Gasteiger partial charge < -0.3 is 11.1 Å². The number of fused-ring (bicyclic) bond motifs is 1. The standard InChI is InChI=1S/C13H15N5OS2/c1-6-9-10(14)11(21-13(9)18(3)17-6)12(19)15-4-8-5-20-7(2)16-8/h5H,4,14H2,1-3H3,(H,15,19). The first kappa shape index (κ1) is 14.0. The number of carbonyl (C=O) groups excluding carboxylic acids is 1. The van der Waals surface area contributed by atoms with E-state index in [1.807, 2.05) is 26.3 Å². The molecule has 0 aliphatic carbocycles. The summed E-state index contributed by atoms with van der Waals surface area (Å²) in [6.45, 7) is 4.25. The van der Waals surface area contributed by atoms with Crippen LogP contribution >= 0.6 is 22.7 Å². The van der Waals surface area contributed by atoms with Gasteiger partial charge >= 0.3 is 0 Å². The molecule has 110 valence electrons. The van der Waals surface area contributed by atoms with Crippen molar-refractivity contribution >= 4 is 44.5 Å². The van der Waals surface area contributed by atoms with Gasteiger partial charge in [0, 0.05) is 12.4 Å². The second-order valence-electron chi connectivity index (χ2n) is 4.77. The van der Waals surface area contributed by atoms with Crippen molar-refractivity contribution in [1.29, 1.82) is 0 Å². The van der Waals surface area contributed by atoms with Gasteiger partial charge in [0.05, 0.1) is 34.0 Å². The number of hydrogen-bond acceptors (Lipinski definition) is 6. The van der Waals surface area contributed by atoms with Crippen molar-refractivity contribution in [3.05, 3.63) is 26.7 Å². The van der Waals surface area contributed by atoms with Gasteiger partial charge in [-0.15, -0.1) is 22.7 Å². The molecule has 21 heavy (non-hydrogen) atoms. The van der Waals surface area contributed by atoms with Crippen LogP contribution in [-0.2, 0) is 13.6 Å². The summed E-state index contributed by atoms with van der Waals surface area (Å²) in [5.74, 6) is -0.168. The number of nitrogens with one attached hydrogen (secondary N) is 1. The molecule has 0 saturated heterocycles. The van der Waals surface area contributed by atoms with Crippen molar-refractivity contribution in [3.63, 3.8) is 0 Å². The zero-order valence-electron chi connectivity index (χ0n) is 11.9. The first-order valence-corrected chi connectivity index (χ1v) is 8.07. The lowest BCUT2D eigenvalue weighted by atomic mass is 10.2. The van der Waals surface area contributed by atoms with E-state index >= 15 is 0 Å². The number of anilines is 1. The van der Waals surface area contributed by atoms with Crippen LogP contribution < -0.4 is 11.1 Å². The summed E-state index contributed by atoms with van der Waals surface area (Å²) in [6.07, 6.45) is 0. The number of amides is 1. The molecule has 3 aromatic heterocycles. The molecule has 1 amide bonds. The fourth-order valence-electron chi connectivity index (χ4n) is 2.24. The topological polar surface area (TPSA) is 85.8 Å². The van der Waals surface area contributed by atoms with Crippen LogP contribution in [0.1, 0.15) is 26.1 Å². The summed E-state index contributed by atoms with van der Waals surface area (Å²) in [7, 11) is 1.85. The van der Waals surface area contributed by atoms with Gasteiger partial charge in [0.25, 0.3) is 5.91 Å². The van der Waals surface area contributed by atoms with Crippen LogP contribution in [0.5, 0.6) is 0 Å². The maximum absolute atomic E-state index is 12.3. The van der Waals surface area contributed by atoms with Gasteiger partial charge in [-0.05, 0) is 13.8 Å². The van der Waals surface area contributed by atoms with Crippen LogP contribution in [0.25, 0.3) is 10.2 Å². The molecule has 3 N–H and O–H groups in total. The van der Waals surface area contributed by atoms with Crippen molar-refractivity contribution in [2.24, 2.45) is 7.05 Å². The monoisotopic (exact) mass is 321 g/mol. The number of hydrogen-bond donors (Lipinski definition) is 2. The highest BCUT2D eigenvalue weighted by atomic mass is 32.1. The second kappa shape index (κ2) is 5.12. The molecule has 0 bridgehead atoms. The summed E-state index contributed by atoms with van der Waals surface area (Å²) in [5.41, 5.74) is 8.32. The van der Waals surface area contributed by atoms with Gasteiger partial charge in [-0.1, -0.05) is 0 Å². The normalized spacial score (nSPS) is 11.2. The molecule has 0 saturated carbocycles. The minimum absolute atomic E-state index is 0.168. The average molecular weight is 321 g/mol. The maximum Gasteiger partial charge on any atom is 0.263 e. The Kier molecular flexibility index (Phi) is 3.42.